The lowest BCUT2D eigenvalue weighted by Gasteiger charge is -2.21. The molecule has 0 saturated heterocycles. The number of aryl methyl sites for hydroxylation is 2. The van der Waals surface area contributed by atoms with E-state index in [2.05, 4.69) is 15.6 Å². The number of hydrogen-bond donors (Lipinski definition) is 2. The Morgan fingerprint density at radius 1 is 1.38 bits per heavy atom. The van der Waals surface area contributed by atoms with Gasteiger partial charge >= 0.3 is 6.09 Å². The number of carbonyl (C=O) groups excluding carboxylic acids is 2. The van der Waals surface area contributed by atoms with Crippen LogP contribution in [0.1, 0.15) is 42.9 Å². The predicted octanol–water partition coefficient (Wildman–Crippen LogP) is 1.95. The minimum absolute atomic E-state index is 0.178. The van der Waals surface area contributed by atoms with Gasteiger partial charge in [0.2, 0.25) is 0 Å². The van der Waals surface area contributed by atoms with Crippen molar-refractivity contribution in [3.63, 3.8) is 0 Å². The van der Waals surface area contributed by atoms with Gasteiger partial charge in [0.1, 0.15) is 10.4 Å². The summed E-state index contributed by atoms with van der Waals surface area (Å²) in [6, 6.07) is -0.310. The number of fused-ring (bicyclic) bond motifs is 1. The molecule has 1 atom stereocenters. The molecule has 2 aromatic rings. The molecular weight excluding hydrogens is 356 g/mol. The largest absolute Gasteiger partial charge is 0.444 e. The van der Waals surface area contributed by atoms with Crippen molar-refractivity contribution in [2.75, 3.05) is 6.54 Å². The number of nitrogens with zero attached hydrogens (tertiary/aromatic N) is 2. The van der Waals surface area contributed by atoms with Gasteiger partial charge in [-0.3, -0.25) is 9.59 Å². The number of nitrogens with one attached hydrogen (secondary N) is 2. The molecule has 8 nitrogen and oxygen atoms in total. The Morgan fingerprint density at radius 2 is 2.04 bits per heavy atom. The van der Waals surface area contributed by atoms with Gasteiger partial charge in [-0.25, -0.2) is 9.78 Å². The predicted molar refractivity (Wildman–Crippen MR) is 101 cm³/mol. The maximum atomic E-state index is 12.5. The van der Waals surface area contributed by atoms with E-state index in [1.165, 1.54) is 22.2 Å². The molecule has 2 amide bonds. The van der Waals surface area contributed by atoms with Crippen molar-refractivity contribution in [1.29, 1.82) is 0 Å². The number of rotatable bonds is 4. The summed E-state index contributed by atoms with van der Waals surface area (Å²) >= 11 is 1.18. The molecule has 0 aromatic carbocycles. The quantitative estimate of drug-likeness (QED) is 0.844. The molecule has 0 saturated carbocycles. The van der Waals surface area contributed by atoms with Crippen LogP contribution in [0.5, 0.6) is 0 Å². The second-order valence-electron chi connectivity index (χ2n) is 7.15. The second kappa shape index (κ2) is 7.45. The average Bonchev–Trinajstić information content (AvgIpc) is 2.85. The third kappa shape index (κ3) is 4.60. The van der Waals surface area contributed by atoms with Crippen molar-refractivity contribution in [3.8, 4) is 0 Å². The Labute approximate surface area is 155 Å². The summed E-state index contributed by atoms with van der Waals surface area (Å²) in [5.74, 6) is -0.300. The van der Waals surface area contributed by atoms with E-state index >= 15 is 0 Å². The zero-order valence-corrected chi connectivity index (χ0v) is 16.6. The molecule has 0 aliphatic heterocycles. The highest BCUT2D eigenvalue weighted by atomic mass is 32.1. The summed E-state index contributed by atoms with van der Waals surface area (Å²) in [5, 5.41) is 5.89. The van der Waals surface area contributed by atoms with Gasteiger partial charge in [-0.15, -0.1) is 11.3 Å². The van der Waals surface area contributed by atoms with Gasteiger partial charge in [0, 0.05) is 19.6 Å². The molecule has 2 N–H and O–H groups in total. The lowest BCUT2D eigenvalue weighted by atomic mass is 10.2. The van der Waals surface area contributed by atoms with E-state index in [1.54, 1.807) is 41.7 Å². The normalized spacial score (nSPS) is 12.7. The number of hydrogen-bond acceptors (Lipinski definition) is 6. The van der Waals surface area contributed by atoms with Crippen LogP contribution in [0.15, 0.2) is 11.1 Å². The Morgan fingerprint density at radius 3 is 2.65 bits per heavy atom. The van der Waals surface area contributed by atoms with E-state index < -0.39 is 11.7 Å². The van der Waals surface area contributed by atoms with Crippen molar-refractivity contribution in [3.05, 3.63) is 27.1 Å². The molecule has 2 heterocycles. The molecule has 26 heavy (non-hydrogen) atoms. The smallest absolute Gasteiger partial charge is 0.407 e. The van der Waals surface area contributed by atoms with E-state index in [4.69, 9.17) is 4.74 Å². The number of carbonyl (C=O) groups is 2. The first-order chi connectivity index (χ1) is 12.0. The summed E-state index contributed by atoms with van der Waals surface area (Å²) in [5.41, 5.74) is -0.143. The molecule has 9 heteroatoms. The highest BCUT2D eigenvalue weighted by Gasteiger charge is 2.21. The molecule has 0 spiro atoms. The molecule has 0 aliphatic carbocycles. The summed E-state index contributed by atoms with van der Waals surface area (Å²) in [6.07, 6.45) is 0.902. The molecule has 2 aromatic heterocycles. The number of thiophene rings is 1. The molecule has 2 rings (SSSR count). The van der Waals surface area contributed by atoms with E-state index in [1.807, 2.05) is 0 Å². The van der Waals surface area contributed by atoms with Crippen LogP contribution >= 0.6 is 11.3 Å². The van der Waals surface area contributed by atoms with Gasteiger partial charge in [-0.1, -0.05) is 0 Å². The van der Waals surface area contributed by atoms with Gasteiger partial charge in [0.25, 0.3) is 11.5 Å². The Balaban J connectivity index is 2.05. The number of ether oxygens (including phenoxy) is 1. The fourth-order valence-corrected chi connectivity index (χ4v) is 3.36. The van der Waals surface area contributed by atoms with Crippen molar-refractivity contribution in [2.45, 2.75) is 46.3 Å². The standard InChI is InChI=1S/C17H24N4O4S/c1-9(7-18-16(24)25-17(3,4)5)20-13(22)12-10(2)11-14(26-12)19-8-21(6)15(11)23/h8-9H,7H2,1-6H3,(H,18,24)(H,20,22)/t9-/m0/s1. The molecule has 0 unspecified atom stereocenters. The molecule has 0 fully saturated rings. The number of aromatic nitrogens is 2. The maximum absolute atomic E-state index is 12.5. The summed E-state index contributed by atoms with van der Waals surface area (Å²) in [6.45, 7) is 9.07. The molecular formula is C17H24N4O4S. The first-order valence-corrected chi connectivity index (χ1v) is 9.03. The fraction of sp³-hybridized carbons (Fsp3) is 0.529. The minimum Gasteiger partial charge on any atom is -0.444 e. The second-order valence-corrected chi connectivity index (χ2v) is 8.15. The molecule has 0 bridgehead atoms. The Hall–Kier alpha value is -2.42. The zero-order chi connectivity index (χ0) is 19.6. The van der Waals surface area contributed by atoms with Gasteiger partial charge in [0.05, 0.1) is 16.6 Å². The van der Waals surface area contributed by atoms with Gasteiger partial charge in [0.15, 0.2) is 0 Å². The van der Waals surface area contributed by atoms with Gasteiger partial charge in [-0.05, 0) is 40.2 Å². The Bertz CT molecular complexity index is 895. The monoisotopic (exact) mass is 380 g/mol. The Kier molecular flexibility index (Phi) is 5.70. The topological polar surface area (TPSA) is 102 Å². The van der Waals surface area contributed by atoms with Crippen LogP contribution in [0.4, 0.5) is 4.79 Å². The zero-order valence-electron chi connectivity index (χ0n) is 15.8. The summed E-state index contributed by atoms with van der Waals surface area (Å²) in [7, 11) is 1.62. The van der Waals surface area contributed by atoms with Gasteiger partial charge < -0.3 is 19.9 Å². The van der Waals surface area contributed by atoms with Gasteiger partial charge in [-0.2, -0.15) is 0 Å². The average molecular weight is 380 g/mol. The van der Waals surface area contributed by atoms with Crippen molar-refractivity contribution in [1.82, 2.24) is 20.2 Å². The molecule has 142 valence electrons. The lowest BCUT2D eigenvalue weighted by Crippen LogP contribution is -2.43. The van der Waals surface area contributed by atoms with E-state index in [0.717, 1.165) is 0 Å². The first-order valence-electron chi connectivity index (χ1n) is 8.22. The van der Waals surface area contributed by atoms with Crippen LogP contribution in [-0.2, 0) is 11.8 Å². The highest BCUT2D eigenvalue weighted by molar-refractivity contribution is 7.20. The van der Waals surface area contributed by atoms with Crippen LogP contribution < -0.4 is 16.2 Å². The van der Waals surface area contributed by atoms with E-state index in [-0.39, 0.29) is 24.1 Å². The summed E-state index contributed by atoms with van der Waals surface area (Å²) in [4.78, 5) is 41.6. The SMILES string of the molecule is Cc1c(C(=O)N[C@@H](C)CNC(=O)OC(C)(C)C)sc2ncn(C)c(=O)c12. The third-order valence-electron chi connectivity index (χ3n) is 3.55. The van der Waals surface area contributed by atoms with Crippen molar-refractivity contribution < 1.29 is 14.3 Å². The van der Waals surface area contributed by atoms with Crippen molar-refractivity contribution in [2.24, 2.45) is 7.05 Å². The number of amides is 2. The summed E-state index contributed by atoms with van der Waals surface area (Å²) < 4.78 is 6.54. The maximum Gasteiger partial charge on any atom is 0.407 e. The lowest BCUT2D eigenvalue weighted by molar-refractivity contribution is 0.0521. The number of alkyl carbamates (subject to hydrolysis) is 1. The first kappa shape index (κ1) is 19.9. The molecule has 0 radical (unpaired) electrons. The van der Waals surface area contributed by atoms with Crippen LogP contribution in [0.3, 0.4) is 0 Å². The minimum atomic E-state index is -0.579. The van der Waals surface area contributed by atoms with E-state index in [0.29, 0.717) is 20.7 Å². The van der Waals surface area contributed by atoms with E-state index in [9.17, 15) is 14.4 Å². The van der Waals surface area contributed by atoms with Crippen LogP contribution in [-0.4, -0.2) is 39.7 Å². The van der Waals surface area contributed by atoms with Crippen LogP contribution in [0.2, 0.25) is 0 Å². The molecule has 0 aliphatic rings. The highest BCUT2D eigenvalue weighted by Crippen LogP contribution is 2.26. The van der Waals surface area contributed by atoms with Crippen molar-refractivity contribution >= 4 is 33.6 Å². The van der Waals surface area contributed by atoms with Crippen LogP contribution in [0, 0.1) is 6.92 Å². The van der Waals surface area contributed by atoms with Crippen LogP contribution in [0.25, 0.3) is 10.2 Å². The third-order valence-corrected chi connectivity index (χ3v) is 4.74. The fourth-order valence-electron chi connectivity index (χ4n) is 2.32.